The third-order valence-corrected chi connectivity index (χ3v) is 4.58. The van der Waals surface area contributed by atoms with E-state index >= 15 is 0 Å². The van der Waals surface area contributed by atoms with Crippen LogP contribution in [0.5, 0.6) is 5.75 Å². The van der Waals surface area contributed by atoms with Crippen LogP contribution in [-0.2, 0) is 27.8 Å². The average Bonchev–Trinajstić information content (AvgIpc) is 2.59. The van der Waals surface area contributed by atoms with Gasteiger partial charge in [0.15, 0.2) is 0 Å². The average molecular weight is 451 g/mol. The molecule has 1 aromatic carbocycles. The van der Waals surface area contributed by atoms with Crippen LogP contribution in [0.1, 0.15) is 43.9 Å². The van der Waals surface area contributed by atoms with Crippen molar-refractivity contribution in [3.05, 3.63) is 28.8 Å². The highest BCUT2D eigenvalue weighted by molar-refractivity contribution is 7.88. The molecule has 1 N–H and O–H groups in total. The van der Waals surface area contributed by atoms with Crippen LogP contribution in [0, 0.1) is 6.92 Å². The summed E-state index contributed by atoms with van der Waals surface area (Å²) in [5.41, 5.74) is -3.81. The molecule has 0 bridgehead atoms. The molecule has 0 aromatic heterocycles. The smallest absolute Gasteiger partial charge is 0.375 e. The molecule has 0 atom stereocenters. The van der Waals surface area contributed by atoms with Crippen molar-refractivity contribution in [2.24, 2.45) is 0 Å². The highest BCUT2D eigenvalue weighted by Gasteiger charge is 2.49. The Morgan fingerprint density at radius 1 is 1.00 bits per heavy atom. The molecule has 168 valence electrons. The second kappa shape index (κ2) is 10.7. The van der Waals surface area contributed by atoms with Crippen molar-refractivity contribution in [1.29, 1.82) is 0 Å². The molecule has 1 amide bonds. The lowest BCUT2D eigenvalue weighted by Crippen LogP contribution is -2.36. The van der Waals surface area contributed by atoms with Crippen molar-refractivity contribution in [2.45, 2.75) is 58.6 Å². The SMILES string of the molecule is CCCNC(=O)C(F)(F)F.CCc1ccc(CC)c(OS(=O)(=O)C(F)(F)F)c1C. The van der Waals surface area contributed by atoms with E-state index in [1.165, 1.54) is 0 Å². The molecule has 5 nitrogen and oxygen atoms in total. The zero-order valence-electron chi connectivity index (χ0n) is 16.3. The van der Waals surface area contributed by atoms with Crippen LogP contribution < -0.4 is 9.50 Å². The van der Waals surface area contributed by atoms with Gasteiger partial charge in [0.05, 0.1) is 0 Å². The summed E-state index contributed by atoms with van der Waals surface area (Å²) in [6.07, 6.45) is -3.28. The summed E-state index contributed by atoms with van der Waals surface area (Å²) in [4.78, 5) is 9.99. The van der Waals surface area contributed by atoms with Crippen LogP contribution in [0.25, 0.3) is 0 Å². The van der Waals surface area contributed by atoms with Gasteiger partial charge in [0.2, 0.25) is 0 Å². The van der Waals surface area contributed by atoms with Gasteiger partial charge in [0.25, 0.3) is 0 Å². The molecule has 1 rings (SSSR count). The molecule has 0 unspecified atom stereocenters. The molecule has 0 saturated heterocycles. The molecule has 0 aliphatic rings. The van der Waals surface area contributed by atoms with Crippen LogP contribution in [-0.4, -0.2) is 32.6 Å². The number of benzene rings is 1. The molecule has 0 spiro atoms. The molecule has 0 aliphatic heterocycles. The normalized spacial score (nSPS) is 12.1. The number of carbonyl (C=O) groups is 1. The van der Waals surface area contributed by atoms with Crippen LogP contribution in [0.15, 0.2) is 12.1 Å². The predicted molar refractivity (Wildman–Crippen MR) is 94.9 cm³/mol. The summed E-state index contributed by atoms with van der Waals surface area (Å²) in [6.45, 7) is 6.84. The molecule has 0 saturated carbocycles. The number of alkyl halides is 6. The highest BCUT2D eigenvalue weighted by Crippen LogP contribution is 2.33. The van der Waals surface area contributed by atoms with Crippen molar-refractivity contribution in [3.63, 3.8) is 0 Å². The monoisotopic (exact) mass is 451 g/mol. The van der Waals surface area contributed by atoms with Gasteiger partial charge in [-0.3, -0.25) is 4.79 Å². The molecular weight excluding hydrogens is 428 g/mol. The Balaban J connectivity index is 0.000000665. The van der Waals surface area contributed by atoms with Crippen molar-refractivity contribution in [1.82, 2.24) is 5.32 Å². The number of halogens is 6. The van der Waals surface area contributed by atoms with Crippen molar-refractivity contribution in [2.75, 3.05) is 6.54 Å². The molecule has 29 heavy (non-hydrogen) atoms. The fraction of sp³-hybridized carbons (Fsp3) is 0.588. The van der Waals surface area contributed by atoms with Crippen molar-refractivity contribution >= 4 is 16.0 Å². The van der Waals surface area contributed by atoms with E-state index in [1.807, 2.05) is 6.92 Å². The third kappa shape index (κ3) is 8.11. The third-order valence-electron chi connectivity index (χ3n) is 3.63. The van der Waals surface area contributed by atoms with E-state index in [9.17, 15) is 39.6 Å². The molecule has 0 radical (unpaired) electrons. The van der Waals surface area contributed by atoms with Gasteiger partial charge in [-0.2, -0.15) is 34.8 Å². The molecule has 1 aromatic rings. The van der Waals surface area contributed by atoms with Crippen molar-refractivity contribution < 1.29 is 43.7 Å². The fourth-order valence-electron chi connectivity index (χ4n) is 2.06. The Morgan fingerprint density at radius 3 is 1.86 bits per heavy atom. The van der Waals surface area contributed by atoms with Crippen molar-refractivity contribution in [3.8, 4) is 5.75 Å². The van der Waals surface area contributed by atoms with Gasteiger partial charge < -0.3 is 9.50 Å². The Bertz CT molecular complexity index is 788. The number of carbonyl (C=O) groups excluding carboxylic acids is 1. The van der Waals surface area contributed by atoms with E-state index < -0.39 is 27.7 Å². The first-order chi connectivity index (χ1) is 13.1. The fourth-order valence-corrected chi connectivity index (χ4v) is 2.61. The lowest BCUT2D eigenvalue weighted by Gasteiger charge is -2.16. The Hall–Kier alpha value is -1.98. The Kier molecular flexibility index (Phi) is 9.97. The molecule has 12 heteroatoms. The number of amides is 1. The summed E-state index contributed by atoms with van der Waals surface area (Å²) in [5, 5.41) is 1.71. The number of hydrogen-bond donors (Lipinski definition) is 1. The molecule has 0 fully saturated rings. The van der Waals surface area contributed by atoms with Gasteiger partial charge in [0.1, 0.15) is 5.75 Å². The van der Waals surface area contributed by atoms with E-state index in [-0.39, 0.29) is 12.3 Å². The van der Waals surface area contributed by atoms with E-state index in [2.05, 4.69) is 4.18 Å². The second-order valence-corrected chi connectivity index (χ2v) is 7.32. The maximum Gasteiger partial charge on any atom is 0.534 e. The van der Waals surface area contributed by atoms with E-state index in [1.54, 1.807) is 38.2 Å². The predicted octanol–water partition coefficient (Wildman–Crippen LogP) is 4.42. The van der Waals surface area contributed by atoms with Gasteiger partial charge in [-0.15, -0.1) is 0 Å². The molecule has 0 aliphatic carbocycles. The topological polar surface area (TPSA) is 72.5 Å². The van der Waals surface area contributed by atoms with Gasteiger partial charge in [-0.05, 0) is 42.9 Å². The van der Waals surface area contributed by atoms with E-state index in [0.29, 0.717) is 30.4 Å². The second-order valence-electron chi connectivity index (χ2n) is 5.78. The Morgan fingerprint density at radius 2 is 1.48 bits per heavy atom. The largest absolute Gasteiger partial charge is 0.534 e. The minimum absolute atomic E-state index is 0.0678. The lowest BCUT2D eigenvalue weighted by molar-refractivity contribution is -0.173. The van der Waals surface area contributed by atoms with Crippen LogP contribution in [0.3, 0.4) is 0 Å². The number of nitrogens with one attached hydrogen (secondary N) is 1. The van der Waals surface area contributed by atoms with Gasteiger partial charge in [0, 0.05) is 6.54 Å². The summed E-state index contributed by atoms with van der Waals surface area (Å²) in [5.74, 6) is -2.08. The van der Waals surface area contributed by atoms with E-state index in [4.69, 9.17) is 0 Å². The summed E-state index contributed by atoms with van der Waals surface area (Å²) in [6, 6.07) is 3.36. The van der Waals surface area contributed by atoms with Crippen LogP contribution in [0.4, 0.5) is 26.3 Å². The van der Waals surface area contributed by atoms with Gasteiger partial charge in [-0.1, -0.05) is 32.9 Å². The van der Waals surface area contributed by atoms with Gasteiger partial charge in [-0.25, -0.2) is 0 Å². The van der Waals surface area contributed by atoms with Crippen LogP contribution in [0.2, 0.25) is 0 Å². The minimum atomic E-state index is -5.63. The zero-order chi connectivity index (χ0) is 23.0. The first kappa shape index (κ1) is 27.0. The summed E-state index contributed by atoms with van der Waals surface area (Å²) < 4.78 is 97.6. The molecular formula is C17H23F6NO4S. The van der Waals surface area contributed by atoms with E-state index in [0.717, 1.165) is 5.56 Å². The lowest BCUT2D eigenvalue weighted by atomic mass is 10.0. The minimum Gasteiger partial charge on any atom is -0.375 e. The number of rotatable bonds is 6. The standard InChI is InChI=1S/C12H15F3O3S.C5H8F3NO/c1-4-9-6-7-10(5-2)11(8(9)3)18-19(16,17)12(13,14)15;1-2-3-9-4(10)5(6,7)8/h6-7H,4-5H2,1-3H3;2-3H2,1H3,(H,9,10). The number of aryl methyl sites for hydroxylation is 2. The maximum absolute atomic E-state index is 12.4. The van der Waals surface area contributed by atoms with Gasteiger partial charge >= 0.3 is 27.7 Å². The summed E-state index contributed by atoms with van der Waals surface area (Å²) in [7, 11) is -5.63. The highest BCUT2D eigenvalue weighted by atomic mass is 32.2. The summed E-state index contributed by atoms with van der Waals surface area (Å²) >= 11 is 0. The number of hydrogen-bond acceptors (Lipinski definition) is 4. The quantitative estimate of drug-likeness (QED) is 0.395. The first-order valence-electron chi connectivity index (χ1n) is 8.59. The first-order valence-corrected chi connectivity index (χ1v) is 10.00. The Labute approximate surface area is 165 Å². The zero-order valence-corrected chi connectivity index (χ0v) is 17.1. The molecule has 0 heterocycles. The maximum atomic E-state index is 12.4. The van der Waals surface area contributed by atoms with Crippen LogP contribution >= 0.6 is 0 Å².